The van der Waals surface area contributed by atoms with Crippen LogP contribution < -0.4 is 24.8 Å². The van der Waals surface area contributed by atoms with E-state index >= 15 is 0 Å². The van der Waals surface area contributed by atoms with Crippen LogP contribution in [0.2, 0.25) is 0 Å². The lowest BCUT2D eigenvalue weighted by Gasteiger charge is -2.36. The van der Waals surface area contributed by atoms with E-state index in [2.05, 4.69) is 17.2 Å². The van der Waals surface area contributed by atoms with Gasteiger partial charge in [-0.05, 0) is 56.9 Å². The number of likely N-dealkylation sites (tertiary alicyclic amines) is 1. The molecule has 4 amide bonds. The van der Waals surface area contributed by atoms with Crippen molar-refractivity contribution in [2.75, 3.05) is 13.7 Å². The van der Waals surface area contributed by atoms with Crippen LogP contribution in [0.5, 0.6) is 11.5 Å². The predicted octanol–water partition coefficient (Wildman–Crippen LogP) is 5.67. The predicted molar refractivity (Wildman–Crippen MR) is 228 cm³/mol. The van der Waals surface area contributed by atoms with Crippen LogP contribution in [-0.2, 0) is 29.1 Å². The first kappa shape index (κ1) is 45.0. The molecule has 3 aromatic carbocycles. The van der Waals surface area contributed by atoms with Gasteiger partial charge in [0.1, 0.15) is 40.8 Å². The van der Waals surface area contributed by atoms with E-state index in [1.165, 1.54) is 11.0 Å². The van der Waals surface area contributed by atoms with Gasteiger partial charge in [-0.2, -0.15) is 0 Å². The van der Waals surface area contributed by atoms with Crippen molar-refractivity contribution in [1.82, 2.24) is 25.2 Å². The Morgan fingerprint density at radius 3 is 2.26 bits per heavy atom. The molecular formula is C44H50N6O11S. The summed E-state index contributed by atoms with van der Waals surface area (Å²) in [7, 11) is -3.01. The van der Waals surface area contributed by atoms with Gasteiger partial charge in [0.2, 0.25) is 11.8 Å². The molecule has 1 aromatic heterocycles. The van der Waals surface area contributed by atoms with Gasteiger partial charge in [0.25, 0.3) is 21.6 Å². The Labute approximate surface area is 359 Å². The number of nitrogens with one attached hydrogen (secondary N) is 3. The number of fused-ring (bicyclic) bond motifs is 1. The monoisotopic (exact) mass is 870 g/mol. The van der Waals surface area contributed by atoms with Crippen molar-refractivity contribution in [1.29, 1.82) is 0 Å². The number of alkyl carbamates (subject to hydrolysis) is 1. The van der Waals surface area contributed by atoms with Gasteiger partial charge in [0.05, 0.1) is 34.7 Å². The standard InChI is InChI=1S/C44H50N6O11S/c1-9-27-24-44(27,40(53)48-62(57,58)31-18-15-28(16-19-31)50(55)56)47-38(51)35-22-30(25-49(35)39(52)37(42(2,3)4)46-41(54)61-43(5,6)7)60-36-23-33(26-13-11-10-12-14-26)45-34-21-29(59-8)17-20-32(34)36/h9-21,23,27,30,35,37H,1,22,24-25H2,2-8H3,(H,46,54)(H,47,51)(H,48,53)/t27?,30-,35+,37-,44-/m1/s1. The maximum atomic E-state index is 14.8. The number of pyridine rings is 1. The number of hydrogen-bond donors (Lipinski definition) is 3. The van der Waals surface area contributed by atoms with Crippen LogP contribution in [0.1, 0.15) is 54.4 Å². The zero-order chi connectivity index (χ0) is 45.4. The molecule has 2 aliphatic rings. The van der Waals surface area contributed by atoms with Gasteiger partial charge < -0.3 is 29.7 Å². The SMILES string of the molecule is C=CC1C[C@]1(NC(=O)[C@@H]1C[C@@H](Oc2cc(-c3ccccc3)nc3cc(OC)ccc23)CN1C(=O)[C@@H](NC(=O)OC(C)(C)C)C(C)(C)C)C(=O)NS(=O)(=O)c1ccc([N+](=O)[O-])cc1. The van der Waals surface area contributed by atoms with Gasteiger partial charge in [-0.1, -0.05) is 57.2 Å². The molecule has 1 aliphatic carbocycles. The number of nitrogens with zero attached hydrogens (tertiary/aromatic N) is 3. The number of aromatic nitrogens is 1. The number of carbonyl (C=O) groups excluding carboxylic acids is 4. The lowest BCUT2D eigenvalue weighted by atomic mass is 9.85. The fourth-order valence-electron chi connectivity index (χ4n) is 7.31. The van der Waals surface area contributed by atoms with Gasteiger partial charge in [0, 0.05) is 47.6 Å². The van der Waals surface area contributed by atoms with Crippen LogP contribution in [0.4, 0.5) is 10.5 Å². The summed E-state index contributed by atoms with van der Waals surface area (Å²) in [5.41, 5.74) is -1.93. The van der Waals surface area contributed by atoms with Crippen molar-refractivity contribution in [2.45, 2.75) is 88.6 Å². The van der Waals surface area contributed by atoms with Crippen molar-refractivity contribution in [3.8, 4) is 22.8 Å². The molecule has 1 aliphatic heterocycles. The minimum Gasteiger partial charge on any atom is -0.497 e. The zero-order valence-electron chi connectivity index (χ0n) is 35.5. The first-order valence-corrected chi connectivity index (χ1v) is 21.3. The molecular weight excluding hydrogens is 821 g/mol. The van der Waals surface area contributed by atoms with E-state index in [0.29, 0.717) is 28.1 Å². The number of methoxy groups -OCH3 is 1. The molecule has 2 heterocycles. The molecule has 3 N–H and O–H groups in total. The molecule has 1 unspecified atom stereocenters. The van der Waals surface area contributed by atoms with Crippen LogP contribution in [0, 0.1) is 21.4 Å². The van der Waals surface area contributed by atoms with Gasteiger partial charge >= 0.3 is 6.09 Å². The minimum absolute atomic E-state index is 0.00993. The summed E-state index contributed by atoms with van der Waals surface area (Å²) in [5, 5.41) is 17.2. The molecule has 62 heavy (non-hydrogen) atoms. The van der Waals surface area contributed by atoms with Crippen molar-refractivity contribution in [3.63, 3.8) is 0 Å². The molecule has 4 aromatic rings. The molecule has 5 atom stereocenters. The van der Waals surface area contributed by atoms with Crippen LogP contribution in [0.15, 0.2) is 96.4 Å². The summed E-state index contributed by atoms with van der Waals surface area (Å²) < 4.78 is 46.3. The first-order valence-electron chi connectivity index (χ1n) is 19.8. The maximum Gasteiger partial charge on any atom is 0.408 e. The lowest BCUT2D eigenvalue weighted by Crippen LogP contribution is -2.60. The maximum absolute atomic E-state index is 14.8. The average molecular weight is 871 g/mol. The van der Waals surface area contributed by atoms with Crippen molar-refractivity contribution >= 4 is 50.4 Å². The fraction of sp³-hybridized carbons (Fsp3) is 0.386. The van der Waals surface area contributed by atoms with E-state index in [0.717, 1.165) is 29.8 Å². The quantitative estimate of drug-likeness (QED) is 0.0839. The van der Waals surface area contributed by atoms with Crippen molar-refractivity contribution in [2.24, 2.45) is 11.3 Å². The number of benzene rings is 3. The Kier molecular flexibility index (Phi) is 12.4. The van der Waals surface area contributed by atoms with Crippen LogP contribution >= 0.6 is 0 Å². The number of non-ortho nitro benzene ring substituents is 1. The second kappa shape index (κ2) is 17.1. The van der Waals surface area contributed by atoms with Crippen LogP contribution in [0.25, 0.3) is 22.2 Å². The van der Waals surface area contributed by atoms with E-state index < -0.39 is 84.3 Å². The van der Waals surface area contributed by atoms with Crippen LogP contribution in [-0.4, -0.2) is 90.0 Å². The highest BCUT2D eigenvalue weighted by atomic mass is 32.2. The molecule has 6 rings (SSSR count). The molecule has 17 nitrogen and oxygen atoms in total. The number of hydrogen-bond acceptors (Lipinski definition) is 12. The highest BCUT2D eigenvalue weighted by Crippen LogP contribution is 2.45. The summed E-state index contributed by atoms with van der Waals surface area (Å²) in [6.07, 6.45) is -0.323. The van der Waals surface area contributed by atoms with Gasteiger partial charge in [0.15, 0.2) is 0 Å². The number of amides is 4. The molecule has 328 valence electrons. The van der Waals surface area contributed by atoms with Crippen LogP contribution in [0.3, 0.4) is 0 Å². The summed E-state index contributed by atoms with van der Waals surface area (Å²) in [6.45, 7) is 13.9. The van der Waals surface area contributed by atoms with E-state index in [9.17, 15) is 37.7 Å². The fourth-order valence-corrected chi connectivity index (χ4v) is 8.35. The molecule has 0 spiro atoms. The Hall–Kier alpha value is -6.56. The Morgan fingerprint density at radius 2 is 1.68 bits per heavy atom. The normalized spacial score (nSPS) is 20.4. The molecule has 1 saturated carbocycles. The van der Waals surface area contributed by atoms with Gasteiger partial charge in [-0.15, -0.1) is 6.58 Å². The lowest BCUT2D eigenvalue weighted by molar-refractivity contribution is -0.384. The molecule has 0 radical (unpaired) electrons. The third-order valence-electron chi connectivity index (χ3n) is 10.6. The molecule has 0 bridgehead atoms. The molecule has 1 saturated heterocycles. The second-order valence-corrected chi connectivity index (χ2v) is 19.1. The van der Waals surface area contributed by atoms with Crippen molar-refractivity contribution in [3.05, 3.63) is 102 Å². The molecule has 18 heteroatoms. The van der Waals surface area contributed by atoms with E-state index in [-0.39, 0.29) is 25.1 Å². The number of carbonyl (C=O) groups is 4. The second-order valence-electron chi connectivity index (χ2n) is 17.4. The average Bonchev–Trinajstić information content (AvgIpc) is 3.77. The number of rotatable bonds is 13. The Morgan fingerprint density at radius 1 is 1.00 bits per heavy atom. The highest BCUT2D eigenvalue weighted by Gasteiger charge is 2.61. The third kappa shape index (κ3) is 9.80. The third-order valence-corrected chi connectivity index (χ3v) is 11.9. The Bertz CT molecular complexity index is 2520. The number of nitro groups is 1. The van der Waals surface area contributed by atoms with Crippen molar-refractivity contribution < 1.29 is 46.7 Å². The number of sulfonamides is 1. The summed E-state index contributed by atoms with van der Waals surface area (Å²) >= 11 is 0. The largest absolute Gasteiger partial charge is 0.497 e. The topological polar surface area (TPSA) is 225 Å². The smallest absolute Gasteiger partial charge is 0.408 e. The molecule has 2 fully saturated rings. The Balaban J connectivity index is 1.34. The number of nitro benzene ring substituents is 1. The van der Waals surface area contributed by atoms with E-state index in [4.69, 9.17) is 19.2 Å². The summed E-state index contributed by atoms with van der Waals surface area (Å²) in [5.74, 6) is -2.18. The highest BCUT2D eigenvalue weighted by molar-refractivity contribution is 7.90. The van der Waals surface area contributed by atoms with E-state index in [1.807, 2.05) is 35.1 Å². The zero-order valence-corrected chi connectivity index (χ0v) is 36.3. The van der Waals surface area contributed by atoms with Gasteiger partial charge in [-0.3, -0.25) is 24.5 Å². The minimum atomic E-state index is -4.55. The van der Waals surface area contributed by atoms with Gasteiger partial charge in [-0.25, -0.2) is 22.9 Å². The summed E-state index contributed by atoms with van der Waals surface area (Å²) in [6, 6.07) is 18.0. The summed E-state index contributed by atoms with van der Waals surface area (Å²) in [4.78, 5) is 72.5. The van der Waals surface area contributed by atoms with E-state index in [1.54, 1.807) is 72.9 Å². The number of ether oxygens (including phenoxy) is 3. The first-order chi connectivity index (χ1) is 29.0.